The minimum Gasteiger partial charge on any atom is -0.338 e. The molecule has 0 saturated carbocycles. The number of aromatic nitrogens is 3. The maximum atomic E-state index is 13.2. The average Bonchev–Trinajstić information content (AvgIpc) is 3.35. The van der Waals surface area contributed by atoms with Gasteiger partial charge < -0.3 is 4.90 Å². The number of nitrogens with one attached hydrogen (secondary N) is 1. The second-order valence-corrected chi connectivity index (χ2v) is 9.45. The number of thiophene rings is 1. The Hall–Kier alpha value is -2.45. The minimum atomic E-state index is -0.0799. The van der Waals surface area contributed by atoms with Crippen molar-refractivity contribution in [3.8, 4) is 0 Å². The Morgan fingerprint density at radius 3 is 2.97 bits per heavy atom. The van der Waals surface area contributed by atoms with Gasteiger partial charge in [0.15, 0.2) is 5.65 Å². The Labute approximate surface area is 179 Å². The molecule has 1 amide bonds. The summed E-state index contributed by atoms with van der Waals surface area (Å²) >= 11 is 1.82. The molecule has 0 unspecified atom stereocenters. The zero-order chi connectivity index (χ0) is 20.8. The van der Waals surface area contributed by atoms with Gasteiger partial charge in [0.2, 0.25) is 5.91 Å². The molecule has 0 aliphatic carbocycles. The molecule has 3 aromatic heterocycles. The van der Waals surface area contributed by atoms with Crippen molar-refractivity contribution in [2.24, 2.45) is 0 Å². The van der Waals surface area contributed by atoms with E-state index in [4.69, 9.17) is 4.98 Å². The van der Waals surface area contributed by atoms with E-state index < -0.39 is 0 Å². The molecule has 30 heavy (non-hydrogen) atoms. The first-order chi connectivity index (χ1) is 14.5. The molecule has 0 bridgehead atoms. The number of rotatable bonds is 3. The Kier molecular flexibility index (Phi) is 4.99. The molecule has 1 saturated heterocycles. The van der Waals surface area contributed by atoms with Crippen molar-refractivity contribution in [1.82, 2.24) is 24.4 Å². The van der Waals surface area contributed by atoms with Crippen molar-refractivity contribution in [3.05, 3.63) is 55.3 Å². The van der Waals surface area contributed by atoms with Gasteiger partial charge in [0, 0.05) is 37.4 Å². The lowest BCUT2D eigenvalue weighted by atomic mass is 9.99. The number of likely N-dealkylation sites (tertiary alicyclic amines) is 1. The normalized spacial score (nSPS) is 19.9. The third-order valence-corrected chi connectivity index (χ3v) is 7.52. The van der Waals surface area contributed by atoms with E-state index in [0.29, 0.717) is 30.7 Å². The number of aromatic amines is 1. The number of hydrogen-bond donors (Lipinski definition) is 1. The van der Waals surface area contributed by atoms with E-state index in [0.717, 1.165) is 30.9 Å². The van der Waals surface area contributed by atoms with Crippen molar-refractivity contribution < 1.29 is 4.79 Å². The summed E-state index contributed by atoms with van der Waals surface area (Å²) in [6.45, 7) is 6.69. The number of amides is 1. The number of aryl methyl sites for hydroxylation is 1. The molecular formula is C22H27N5O2S. The molecule has 0 spiro atoms. The molecule has 1 fully saturated rings. The van der Waals surface area contributed by atoms with E-state index in [-0.39, 0.29) is 17.5 Å². The van der Waals surface area contributed by atoms with E-state index >= 15 is 0 Å². The van der Waals surface area contributed by atoms with Gasteiger partial charge in [-0.1, -0.05) is 6.42 Å². The second kappa shape index (κ2) is 7.67. The van der Waals surface area contributed by atoms with Crippen LogP contribution in [0, 0.1) is 6.92 Å². The van der Waals surface area contributed by atoms with E-state index in [1.54, 1.807) is 16.3 Å². The summed E-state index contributed by atoms with van der Waals surface area (Å²) in [5.41, 5.74) is 4.47. The highest BCUT2D eigenvalue weighted by Gasteiger charge is 2.28. The van der Waals surface area contributed by atoms with Gasteiger partial charge in [0.1, 0.15) is 0 Å². The molecule has 1 N–H and O–H groups in total. The van der Waals surface area contributed by atoms with Crippen LogP contribution >= 0.6 is 11.3 Å². The topological polar surface area (TPSA) is 73.7 Å². The summed E-state index contributed by atoms with van der Waals surface area (Å²) in [6, 6.07) is 4.48. The summed E-state index contributed by atoms with van der Waals surface area (Å²) in [4.78, 5) is 35.4. The van der Waals surface area contributed by atoms with Gasteiger partial charge in [-0.25, -0.2) is 9.50 Å². The molecule has 5 heterocycles. The SMILES string of the molecule is CC(=O)N1CCc2nc3cc([C@H]4CCCCN4Cc4sccc4C)[nH]n3c(=O)c2C1. The van der Waals surface area contributed by atoms with Crippen LogP contribution in [-0.2, 0) is 24.3 Å². The van der Waals surface area contributed by atoms with E-state index in [1.165, 1.54) is 23.3 Å². The molecule has 8 heteroatoms. The monoisotopic (exact) mass is 425 g/mol. The van der Waals surface area contributed by atoms with E-state index in [9.17, 15) is 9.59 Å². The van der Waals surface area contributed by atoms with Crippen LogP contribution in [0.15, 0.2) is 22.3 Å². The van der Waals surface area contributed by atoms with Gasteiger partial charge in [-0.3, -0.25) is 19.6 Å². The number of fused-ring (bicyclic) bond motifs is 2. The van der Waals surface area contributed by atoms with Crippen LogP contribution in [0.3, 0.4) is 0 Å². The first-order valence-corrected chi connectivity index (χ1v) is 11.5. The largest absolute Gasteiger partial charge is 0.338 e. The molecule has 5 rings (SSSR count). The lowest BCUT2D eigenvalue weighted by Crippen LogP contribution is -2.39. The van der Waals surface area contributed by atoms with E-state index in [1.807, 2.05) is 17.4 Å². The molecule has 158 valence electrons. The number of hydrogen-bond acceptors (Lipinski definition) is 5. The predicted octanol–water partition coefficient (Wildman–Crippen LogP) is 3.02. The third kappa shape index (κ3) is 3.37. The van der Waals surface area contributed by atoms with Crippen molar-refractivity contribution in [3.63, 3.8) is 0 Å². The van der Waals surface area contributed by atoms with Crippen LogP contribution in [0.4, 0.5) is 0 Å². The summed E-state index contributed by atoms with van der Waals surface area (Å²) in [5.74, 6) is -0.000889. The van der Waals surface area contributed by atoms with Crippen LogP contribution in [0.5, 0.6) is 0 Å². The standard InChI is InChI=1S/C22H27N5O2S/c1-14-7-10-30-20(14)13-26-8-4-3-5-19(26)18-11-21-23-17-6-9-25(15(2)28)12-16(17)22(29)27(21)24-18/h7,10-11,19,24H,3-6,8-9,12-13H2,1-2H3/t19-/m1/s1. The Bertz CT molecular complexity index is 1160. The number of piperidine rings is 1. The molecular weight excluding hydrogens is 398 g/mol. The maximum absolute atomic E-state index is 13.2. The highest BCUT2D eigenvalue weighted by atomic mass is 32.1. The van der Waals surface area contributed by atoms with Crippen LogP contribution in [0.1, 0.15) is 59.6 Å². The molecule has 0 aromatic carbocycles. The summed E-state index contributed by atoms with van der Waals surface area (Å²) in [6.07, 6.45) is 4.10. The first-order valence-electron chi connectivity index (χ1n) is 10.7. The summed E-state index contributed by atoms with van der Waals surface area (Å²) in [7, 11) is 0. The third-order valence-electron chi connectivity index (χ3n) is 6.51. The second-order valence-electron chi connectivity index (χ2n) is 8.45. The molecule has 0 radical (unpaired) electrons. The van der Waals surface area contributed by atoms with Crippen molar-refractivity contribution in [1.29, 1.82) is 0 Å². The fourth-order valence-corrected chi connectivity index (χ4v) is 5.65. The van der Waals surface area contributed by atoms with E-state index in [2.05, 4.69) is 28.4 Å². The van der Waals surface area contributed by atoms with Crippen molar-refractivity contribution in [2.45, 2.75) is 58.7 Å². The summed E-state index contributed by atoms with van der Waals surface area (Å²) < 4.78 is 1.57. The van der Waals surface area contributed by atoms with Gasteiger partial charge in [-0.2, -0.15) is 0 Å². The smallest absolute Gasteiger partial charge is 0.277 e. The number of carbonyl (C=O) groups excluding carboxylic acids is 1. The summed E-state index contributed by atoms with van der Waals surface area (Å²) in [5, 5.41) is 5.51. The predicted molar refractivity (Wildman–Crippen MR) is 117 cm³/mol. The Balaban J connectivity index is 1.50. The zero-order valence-electron chi connectivity index (χ0n) is 17.5. The number of carbonyl (C=O) groups is 1. The lowest BCUT2D eigenvalue weighted by molar-refractivity contribution is -0.129. The van der Waals surface area contributed by atoms with Gasteiger partial charge in [-0.15, -0.1) is 11.3 Å². The van der Waals surface area contributed by atoms with Crippen LogP contribution < -0.4 is 5.56 Å². The molecule has 7 nitrogen and oxygen atoms in total. The van der Waals surface area contributed by atoms with Gasteiger partial charge >= 0.3 is 0 Å². The zero-order valence-corrected chi connectivity index (χ0v) is 18.3. The lowest BCUT2D eigenvalue weighted by Gasteiger charge is -2.34. The number of H-pyrrole nitrogens is 1. The average molecular weight is 426 g/mol. The highest BCUT2D eigenvalue weighted by Crippen LogP contribution is 2.33. The van der Waals surface area contributed by atoms with Crippen molar-refractivity contribution in [2.75, 3.05) is 13.1 Å². The number of nitrogens with zero attached hydrogens (tertiary/aromatic N) is 4. The quantitative estimate of drug-likeness (QED) is 0.700. The van der Waals surface area contributed by atoms with Crippen LogP contribution in [-0.4, -0.2) is 43.4 Å². The maximum Gasteiger partial charge on any atom is 0.277 e. The molecule has 3 aromatic rings. The molecule has 2 aliphatic rings. The van der Waals surface area contributed by atoms with Crippen molar-refractivity contribution >= 4 is 22.9 Å². The Morgan fingerprint density at radius 1 is 1.33 bits per heavy atom. The molecule has 1 atom stereocenters. The van der Waals surface area contributed by atoms with Crippen LogP contribution in [0.2, 0.25) is 0 Å². The fourth-order valence-electron chi connectivity index (χ4n) is 4.72. The molecule has 2 aliphatic heterocycles. The minimum absolute atomic E-state index is 0.000889. The Morgan fingerprint density at radius 2 is 2.20 bits per heavy atom. The van der Waals surface area contributed by atoms with Gasteiger partial charge in [-0.05, 0) is 43.3 Å². The fraction of sp³-hybridized carbons (Fsp3) is 0.500. The highest BCUT2D eigenvalue weighted by molar-refractivity contribution is 7.10. The van der Waals surface area contributed by atoms with Gasteiger partial charge in [0.05, 0.1) is 29.5 Å². The first kappa shape index (κ1) is 19.5. The van der Waals surface area contributed by atoms with Crippen LogP contribution in [0.25, 0.3) is 5.65 Å². The van der Waals surface area contributed by atoms with Gasteiger partial charge in [0.25, 0.3) is 5.56 Å².